The number of hydrogen-bond donors (Lipinski definition) is 0. The van der Waals surface area contributed by atoms with Crippen LogP contribution in [0.5, 0.6) is 0 Å². The van der Waals surface area contributed by atoms with Gasteiger partial charge >= 0.3 is 0 Å². The van der Waals surface area contributed by atoms with E-state index in [9.17, 15) is 9.18 Å². The van der Waals surface area contributed by atoms with Gasteiger partial charge in [0.2, 0.25) is 0 Å². The summed E-state index contributed by atoms with van der Waals surface area (Å²) in [4.78, 5) is 18.1. The van der Waals surface area contributed by atoms with Crippen LogP contribution in [0.1, 0.15) is 16.7 Å². The monoisotopic (exact) mass is 397 g/mol. The molecule has 148 valence electrons. The molecule has 5 heteroatoms. The molecule has 0 fully saturated rings. The van der Waals surface area contributed by atoms with Crippen LogP contribution < -0.4 is 5.56 Å². The van der Waals surface area contributed by atoms with E-state index < -0.39 is 0 Å². The second-order valence-corrected chi connectivity index (χ2v) is 7.56. The lowest BCUT2D eigenvalue weighted by Gasteiger charge is -2.10. The Labute approximate surface area is 172 Å². The molecule has 0 spiro atoms. The molecule has 0 radical (unpaired) electrons. The summed E-state index contributed by atoms with van der Waals surface area (Å²) in [5, 5.41) is 0.908. The van der Waals surface area contributed by atoms with E-state index in [-0.39, 0.29) is 17.9 Å². The molecule has 0 aliphatic carbocycles. The number of benzene rings is 3. The Morgan fingerprint density at radius 1 is 0.933 bits per heavy atom. The molecule has 2 heterocycles. The van der Waals surface area contributed by atoms with Crippen molar-refractivity contribution in [3.05, 3.63) is 112 Å². The molecular weight excluding hydrogens is 377 g/mol. The first kappa shape index (κ1) is 18.3. The minimum Gasteiger partial charge on any atom is -0.330 e. The Bertz CT molecular complexity index is 1430. The summed E-state index contributed by atoms with van der Waals surface area (Å²) in [6.45, 7) is 2.71. The third-order valence-corrected chi connectivity index (χ3v) is 5.46. The molecule has 0 atom stereocenters. The molecule has 0 N–H and O–H groups in total. The van der Waals surface area contributed by atoms with Gasteiger partial charge in [0.05, 0.1) is 24.9 Å². The maximum Gasteiger partial charge on any atom is 0.278 e. The molecule has 0 aliphatic heterocycles. The molecule has 30 heavy (non-hydrogen) atoms. The molecular formula is C25H20FN3O. The third-order valence-electron chi connectivity index (χ3n) is 5.46. The van der Waals surface area contributed by atoms with Gasteiger partial charge in [-0.3, -0.25) is 9.36 Å². The summed E-state index contributed by atoms with van der Waals surface area (Å²) >= 11 is 0. The predicted molar refractivity (Wildman–Crippen MR) is 117 cm³/mol. The lowest BCUT2D eigenvalue weighted by molar-refractivity contribution is 0.603. The van der Waals surface area contributed by atoms with Gasteiger partial charge in [0, 0.05) is 10.9 Å². The standard InChI is InChI=1S/C25H20FN3O/c1-17-11-12-22-20(13-17)23-24(29(22)15-19-9-5-6-10-21(19)26)25(30)28(16-27-23)14-18-7-3-2-4-8-18/h2-13,16H,14-15H2,1H3. The molecule has 0 bridgehead atoms. The van der Waals surface area contributed by atoms with E-state index in [0.717, 1.165) is 22.0 Å². The summed E-state index contributed by atoms with van der Waals surface area (Å²) in [5.74, 6) is -0.284. The number of nitrogens with zero attached hydrogens (tertiary/aromatic N) is 3. The lowest BCUT2D eigenvalue weighted by atomic mass is 10.1. The number of aromatic nitrogens is 3. The van der Waals surface area contributed by atoms with Crippen molar-refractivity contribution < 1.29 is 4.39 Å². The van der Waals surface area contributed by atoms with Crippen LogP contribution in [0.25, 0.3) is 21.9 Å². The highest BCUT2D eigenvalue weighted by atomic mass is 19.1. The van der Waals surface area contributed by atoms with Crippen molar-refractivity contribution >= 4 is 21.9 Å². The zero-order valence-electron chi connectivity index (χ0n) is 16.5. The molecule has 0 aliphatic rings. The van der Waals surface area contributed by atoms with Gasteiger partial charge in [-0.05, 0) is 30.7 Å². The number of rotatable bonds is 4. The Balaban J connectivity index is 1.76. The van der Waals surface area contributed by atoms with Gasteiger partial charge < -0.3 is 4.57 Å². The van der Waals surface area contributed by atoms with Crippen LogP contribution in [0, 0.1) is 12.7 Å². The number of aryl methyl sites for hydroxylation is 1. The van der Waals surface area contributed by atoms with Gasteiger partial charge in [-0.25, -0.2) is 9.37 Å². The van der Waals surface area contributed by atoms with Gasteiger partial charge in [-0.1, -0.05) is 60.2 Å². The van der Waals surface area contributed by atoms with Crippen molar-refractivity contribution in [1.29, 1.82) is 0 Å². The topological polar surface area (TPSA) is 39.8 Å². The van der Waals surface area contributed by atoms with Gasteiger partial charge in [0.15, 0.2) is 0 Å². The highest BCUT2D eigenvalue weighted by Crippen LogP contribution is 2.27. The highest BCUT2D eigenvalue weighted by molar-refractivity contribution is 6.05. The Morgan fingerprint density at radius 2 is 1.70 bits per heavy atom. The molecule has 0 saturated carbocycles. The molecule has 4 nitrogen and oxygen atoms in total. The van der Waals surface area contributed by atoms with E-state index in [4.69, 9.17) is 0 Å². The van der Waals surface area contributed by atoms with Gasteiger partial charge in [-0.2, -0.15) is 0 Å². The molecule has 5 aromatic rings. The number of halogens is 1. The highest BCUT2D eigenvalue weighted by Gasteiger charge is 2.18. The first-order valence-electron chi connectivity index (χ1n) is 9.87. The summed E-state index contributed by atoms with van der Waals surface area (Å²) < 4.78 is 17.9. The van der Waals surface area contributed by atoms with Gasteiger partial charge in [0.1, 0.15) is 16.9 Å². The maximum atomic E-state index is 14.4. The first-order chi connectivity index (χ1) is 14.6. The average molecular weight is 397 g/mol. The van der Waals surface area contributed by atoms with Crippen LogP contribution in [0.2, 0.25) is 0 Å². The van der Waals surface area contributed by atoms with E-state index in [1.54, 1.807) is 23.0 Å². The van der Waals surface area contributed by atoms with Gasteiger partial charge in [0.25, 0.3) is 5.56 Å². The van der Waals surface area contributed by atoms with Crippen LogP contribution in [0.15, 0.2) is 83.9 Å². The second kappa shape index (κ2) is 7.26. The Hall–Kier alpha value is -3.73. The van der Waals surface area contributed by atoms with Crippen LogP contribution in [0.4, 0.5) is 4.39 Å². The first-order valence-corrected chi connectivity index (χ1v) is 9.87. The summed E-state index contributed by atoms with van der Waals surface area (Å²) in [5.41, 5.74) is 4.54. The summed E-state index contributed by atoms with van der Waals surface area (Å²) in [6, 6.07) is 22.5. The zero-order chi connectivity index (χ0) is 20.7. The fourth-order valence-corrected chi connectivity index (χ4v) is 3.97. The minimum atomic E-state index is -0.284. The molecule has 3 aromatic carbocycles. The molecule has 2 aromatic heterocycles. The molecule has 0 saturated heterocycles. The fraction of sp³-hybridized carbons (Fsp3) is 0.120. The third kappa shape index (κ3) is 3.08. The van der Waals surface area contributed by atoms with E-state index in [1.807, 2.05) is 66.1 Å². The summed E-state index contributed by atoms with van der Waals surface area (Å²) in [7, 11) is 0. The smallest absolute Gasteiger partial charge is 0.278 e. The Kier molecular flexibility index (Phi) is 4.43. The lowest BCUT2D eigenvalue weighted by Crippen LogP contribution is -2.23. The molecule has 0 unspecified atom stereocenters. The summed E-state index contributed by atoms with van der Waals surface area (Å²) in [6.07, 6.45) is 1.60. The predicted octanol–water partition coefficient (Wildman–Crippen LogP) is 4.90. The fourth-order valence-electron chi connectivity index (χ4n) is 3.97. The average Bonchev–Trinajstić information content (AvgIpc) is 3.06. The minimum absolute atomic E-state index is 0.131. The maximum absolute atomic E-state index is 14.4. The molecule has 0 amide bonds. The molecule has 5 rings (SSSR count). The van der Waals surface area contributed by atoms with E-state index in [0.29, 0.717) is 23.1 Å². The van der Waals surface area contributed by atoms with E-state index in [1.165, 1.54) is 6.07 Å². The Morgan fingerprint density at radius 3 is 2.50 bits per heavy atom. The zero-order valence-corrected chi connectivity index (χ0v) is 16.5. The van der Waals surface area contributed by atoms with Crippen molar-refractivity contribution in [2.75, 3.05) is 0 Å². The SMILES string of the molecule is Cc1ccc2c(c1)c1ncn(Cc3ccccc3)c(=O)c1n2Cc1ccccc1F. The van der Waals surface area contributed by atoms with Crippen LogP contribution >= 0.6 is 0 Å². The van der Waals surface area contributed by atoms with E-state index >= 15 is 0 Å². The van der Waals surface area contributed by atoms with Crippen molar-refractivity contribution in [3.8, 4) is 0 Å². The van der Waals surface area contributed by atoms with Crippen molar-refractivity contribution in [1.82, 2.24) is 14.1 Å². The normalized spacial score (nSPS) is 11.4. The van der Waals surface area contributed by atoms with Crippen LogP contribution in [-0.4, -0.2) is 14.1 Å². The number of hydrogen-bond acceptors (Lipinski definition) is 2. The quantitative estimate of drug-likeness (QED) is 0.433. The largest absolute Gasteiger partial charge is 0.330 e. The van der Waals surface area contributed by atoms with Crippen molar-refractivity contribution in [2.45, 2.75) is 20.0 Å². The number of fused-ring (bicyclic) bond motifs is 3. The van der Waals surface area contributed by atoms with Crippen molar-refractivity contribution in [2.24, 2.45) is 0 Å². The van der Waals surface area contributed by atoms with Crippen molar-refractivity contribution in [3.63, 3.8) is 0 Å². The van der Waals surface area contributed by atoms with Gasteiger partial charge in [-0.15, -0.1) is 0 Å². The second-order valence-electron chi connectivity index (χ2n) is 7.56. The van der Waals surface area contributed by atoms with Crippen LogP contribution in [0.3, 0.4) is 0 Å². The van der Waals surface area contributed by atoms with E-state index in [2.05, 4.69) is 4.98 Å². The van der Waals surface area contributed by atoms with Crippen LogP contribution in [-0.2, 0) is 13.1 Å².